The molecule has 3 rings (SSSR count). The molecule has 0 radical (unpaired) electrons. The second kappa shape index (κ2) is 5.49. The Kier molecular flexibility index (Phi) is 3.56. The molecular formula is C16H14O2S. The van der Waals surface area contributed by atoms with E-state index in [2.05, 4.69) is 24.3 Å². The van der Waals surface area contributed by atoms with Crippen LogP contribution in [0.5, 0.6) is 5.75 Å². The second-order valence-corrected chi connectivity index (χ2v) is 5.61. The van der Waals surface area contributed by atoms with Gasteiger partial charge in [-0.25, -0.2) is 0 Å². The highest BCUT2D eigenvalue weighted by Crippen LogP contribution is 2.39. The molecule has 0 amide bonds. The molecule has 0 N–H and O–H groups in total. The summed E-state index contributed by atoms with van der Waals surface area (Å²) in [6.45, 7) is 0.659. The van der Waals surface area contributed by atoms with Crippen molar-refractivity contribution in [3.8, 4) is 5.75 Å². The number of ether oxygens (including phenoxy) is 1. The van der Waals surface area contributed by atoms with E-state index in [9.17, 15) is 4.79 Å². The maximum atomic E-state index is 10.7. The molecule has 0 fully saturated rings. The van der Waals surface area contributed by atoms with Crippen LogP contribution in [0.25, 0.3) is 0 Å². The Morgan fingerprint density at radius 2 is 2.11 bits per heavy atom. The van der Waals surface area contributed by atoms with Gasteiger partial charge in [0.05, 0.1) is 6.61 Å². The Labute approximate surface area is 116 Å². The lowest BCUT2D eigenvalue weighted by Gasteiger charge is -2.12. The summed E-state index contributed by atoms with van der Waals surface area (Å²) in [5.41, 5.74) is 2.03. The zero-order valence-electron chi connectivity index (χ0n) is 10.4. The molecular weight excluding hydrogens is 256 g/mol. The van der Waals surface area contributed by atoms with Gasteiger partial charge in [-0.15, -0.1) is 11.8 Å². The van der Waals surface area contributed by atoms with E-state index in [4.69, 9.17) is 4.74 Å². The standard InChI is InChI=1S/C16H14O2S/c17-9-12-4-3-5-14(8-12)18-10-13-11-19-16-7-2-1-6-15(13)16/h1-9,13H,10-11H2. The van der Waals surface area contributed by atoms with E-state index < -0.39 is 0 Å². The first-order chi connectivity index (χ1) is 9.36. The summed E-state index contributed by atoms with van der Waals surface area (Å²) >= 11 is 1.88. The van der Waals surface area contributed by atoms with E-state index in [-0.39, 0.29) is 0 Å². The predicted molar refractivity (Wildman–Crippen MR) is 77.2 cm³/mol. The molecule has 2 aromatic carbocycles. The number of fused-ring (bicyclic) bond motifs is 1. The van der Waals surface area contributed by atoms with Crippen molar-refractivity contribution in [1.82, 2.24) is 0 Å². The Hall–Kier alpha value is -1.74. The van der Waals surface area contributed by atoms with Gasteiger partial charge in [-0.05, 0) is 23.8 Å². The zero-order chi connectivity index (χ0) is 13.1. The summed E-state index contributed by atoms with van der Waals surface area (Å²) in [4.78, 5) is 12.1. The number of aldehydes is 1. The fourth-order valence-electron chi connectivity index (χ4n) is 2.24. The smallest absolute Gasteiger partial charge is 0.150 e. The van der Waals surface area contributed by atoms with Gasteiger partial charge in [-0.2, -0.15) is 0 Å². The summed E-state index contributed by atoms with van der Waals surface area (Å²) in [6, 6.07) is 15.8. The Bertz CT molecular complexity index is 595. The molecule has 1 aliphatic rings. The van der Waals surface area contributed by atoms with Gasteiger partial charge in [0, 0.05) is 22.1 Å². The number of benzene rings is 2. The van der Waals surface area contributed by atoms with Crippen LogP contribution in [0.4, 0.5) is 0 Å². The van der Waals surface area contributed by atoms with Crippen LogP contribution in [0, 0.1) is 0 Å². The largest absolute Gasteiger partial charge is 0.493 e. The Morgan fingerprint density at radius 3 is 3.00 bits per heavy atom. The van der Waals surface area contributed by atoms with Crippen molar-refractivity contribution in [3.05, 3.63) is 59.7 Å². The molecule has 0 aromatic heterocycles. The summed E-state index contributed by atoms with van der Waals surface area (Å²) in [5.74, 6) is 2.26. The van der Waals surface area contributed by atoms with Gasteiger partial charge < -0.3 is 4.74 Å². The monoisotopic (exact) mass is 270 g/mol. The average Bonchev–Trinajstić information content (AvgIpc) is 2.89. The van der Waals surface area contributed by atoms with Gasteiger partial charge in [0.2, 0.25) is 0 Å². The third-order valence-electron chi connectivity index (χ3n) is 3.24. The van der Waals surface area contributed by atoms with Gasteiger partial charge >= 0.3 is 0 Å². The SMILES string of the molecule is O=Cc1cccc(OCC2CSc3ccccc32)c1. The molecule has 0 saturated carbocycles. The molecule has 3 heteroatoms. The summed E-state index contributed by atoms with van der Waals surface area (Å²) < 4.78 is 5.82. The minimum Gasteiger partial charge on any atom is -0.493 e. The van der Waals surface area contributed by atoms with Crippen LogP contribution in [-0.4, -0.2) is 18.6 Å². The number of hydrogen-bond donors (Lipinski definition) is 0. The second-order valence-electron chi connectivity index (χ2n) is 4.55. The average molecular weight is 270 g/mol. The summed E-state index contributed by atoms with van der Waals surface area (Å²) in [5, 5.41) is 0. The maximum Gasteiger partial charge on any atom is 0.150 e. The Morgan fingerprint density at radius 1 is 1.21 bits per heavy atom. The number of rotatable bonds is 4. The van der Waals surface area contributed by atoms with Gasteiger partial charge in [0.15, 0.2) is 0 Å². The first-order valence-electron chi connectivity index (χ1n) is 6.26. The summed E-state index contributed by atoms with van der Waals surface area (Å²) in [7, 11) is 0. The predicted octanol–water partition coefficient (Wildman–Crippen LogP) is 3.77. The lowest BCUT2D eigenvalue weighted by Crippen LogP contribution is -2.09. The van der Waals surface area contributed by atoms with Crippen molar-refractivity contribution in [2.75, 3.05) is 12.4 Å². The normalized spacial score (nSPS) is 16.9. The van der Waals surface area contributed by atoms with Crippen LogP contribution in [0.1, 0.15) is 21.8 Å². The van der Waals surface area contributed by atoms with Crippen LogP contribution < -0.4 is 4.74 Å². The lowest BCUT2D eigenvalue weighted by molar-refractivity contribution is 0.112. The van der Waals surface area contributed by atoms with Crippen molar-refractivity contribution in [2.45, 2.75) is 10.8 Å². The fraction of sp³-hybridized carbons (Fsp3) is 0.188. The molecule has 1 heterocycles. The van der Waals surface area contributed by atoms with Crippen LogP contribution in [0.15, 0.2) is 53.4 Å². The zero-order valence-corrected chi connectivity index (χ0v) is 11.2. The molecule has 96 valence electrons. The van der Waals surface area contributed by atoms with Crippen molar-refractivity contribution >= 4 is 18.0 Å². The highest BCUT2D eigenvalue weighted by atomic mass is 32.2. The lowest BCUT2D eigenvalue weighted by atomic mass is 10.0. The van der Waals surface area contributed by atoms with Crippen molar-refractivity contribution in [2.24, 2.45) is 0 Å². The molecule has 2 nitrogen and oxygen atoms in total. The van der Waals surface area contributed by atoms with Gasteiger partial charge in [-0.1, -0.05) is 30.3 Å². The highest BCUT2D eigenvalue weighted by Gasteiger charge is 2.23. The maximum absolute atomic E-state index is 10.7. The molecule has 1 unspecified atom stereocenters. The van der Waals surface area contributed by atoms with Gasteiger partial charge in [0.25, 0.3) is 0 Å². The number of hydrogen-bond acceptors (Lipinski definition) is 3. The van der Waals surface area contributed by atoms with Crippen molar-refractivity contribution in [3.63, 3.8) is 0 Å². The van der Waals surface area contributed by atoms with Crippen LogP contribution >= 0.6 is 11.8 Å². The third kappa shape index (κ3) is 2.66. The topological polar surface area (TPSA) is 26.3 Å². The van der Waals surface area contributed by atoms with Crippen molar-refractivity contribution in [1.29, 1.82) is 0 Å². The van der Waals surface area contributed by atoms with E-state index >= 15 is 0 Å². The van der Waals surface area contributed by atoms with E-state index in [1.165, 1.54) is 10.5 Å². The van der Waals surface area contributed by atoms with E-state index in [1.54, 1.807) is 12.1 Å². The van der Waals surface area contributed by atoms with Gasteiger partial charge in [0.1, 0.15) is 12.0 Å². The number of carbonyl (C=O) groups excluding carboxylic acids is 1. The summed E-state index contributed by atoms with van der Waals surface area (Å²) in [6.07, 6.45) is 0.841. The fourth-order valence-corrected chi connectivity index (χ4v) is 3.47. The van der Waals surface area contributed by atoms with Crippen molar-refractivity contribution < 1.29 is 9.53 Å². The number of thioether (sulfide) groups is 1. The Balaban J connectivity index is 1.69. The molecule has 1 aliphatic heterocycles. The minimum atomic E-state index is 0.432. The van der Waals surface area contributed by atoms with Crippen LogP contribution in [-0.2, 0) is 0 Å². The minimum absolute atomic E-state index is 0.432. The molecule has 2 aromatic rings. The van der Waals surface area contributed by atoms with Crippen LogP contribution in [0.3, 0.4) is 0 Å². The quantitative estimate of drug-likeness (QED) is 0.791. The molecule has 0 spiro atoms. The molecule has 0 saturated heterocycles. The highest BCUT2D eigenvalue weighted by molar-refractivity contribution is 7.99. The molecule has 1 atom stereocenters. The first-order valence-corrected chi connectivity index (χ1v) is 7.25. The first kappa shape index (κ1) is 12.3. The van der Waals surface area contributed by atoms with Crippen LogP contribution in [0.2, 0.25) is 0 Å². The van der Waals surface area contributed by atoms with E-state index in [1.807, 2.05) is 23.9 Å². The number of carbonyl (C=O) groups is 1. The van der Waals surface area contributed by atoms with E-state index in [0.29, 0.717) is 18.1 Å². The molecule has 0 aliphatic carbocycles. The van der Waals surface area contributed by atoms with E-state index in [0.717, 1.165) is 17.8 Å². The third-order valence-corrected chi connectivity index (χ3v) is 4.50. The van der Waals surface area contributed by atoms with Gasteiger partial charge in [-0.3, -0.25) is 4.79 Å². The molecule has 0 bridgehead atoms. The molecule has 19 heavy (non-hydrogen) atoms.